The first-order valence-electron chi connectivity index (χ1n) is 5.69. The van der Waals surface area contributed by atoms with E-state index in [9.17, 15) is 0 Å². The van der Waals surface area contributed by atoms with Gasteiger partial charge in [-0.1, -0.05) is 12.8 Å². The first-order chi connectivity index (χ1) is 7.70. The van der Waals surface area contributed by atoms with Crippen LogP contribution in [0.15, 0.2) is 9.41 Å². The average molecular weight is 222 g/mol. The van der Waals surface area contributed by atoms with Crippen LogP contribution in [0.5, 0.6) is 0 Å². The first kappa shape index (κ1) is 11.1. The van der Waals surface area contributed by atoms with Crippen molar-refractivity contribution in [2.45, 2.75) is 45.6 Å². The lowest BCUT2D eigenvalue weighted by Crippen LogP contribution is -2.32. The fourth-order valence-corrected chi connectivity index (χ4v) is 2.13. The quantitative estimate of drug-likeness (QED) is 0.343. The number of aromatic nitrogens is 1. The standard InChI is InChI=1S/C11H18N4O/c1-7-10(16-8(2)13-7)11(15-12)14-9-5-3-4-6-9/h9H,3-6,12H2,1-2H3,(H,14,15). The second kappa shape index (κ2) is 4.65. The summed E-state index contributed by atoms with van der Waals surface area (Å²) in [6.07, 6.45) is 4.77. The molecule has 0 atom stereocenters. The minimum Gasteiger partial charge on any atom is -0.437 e. The molecule has 0 aliphatic heterocycles. The van der Waals surface area contributed by atoms with Gasteiger partial charge < -0.3 is 9.84 Å². The zero-order valence-corrected chi connectivity index (χ0v) is 9.79. The molecule has 1 aromatic heterocycles. The number of nitrogens with zero attached hydrogens (tertiary/aromatic N) is 2. The number of amidine groups is 1. The smallest absolute Gasteiger partial charge is 0.193 e. The molecule has 1 saturated carbocycles. The van der Waals surface area contributed by atoms with Crippen LogP contribution in [0.1, 0.15) is 43.0 Å². The Bertz CT molecular complexity index is 391. The summed E-state index contributed by atoms with van der Waals surface area (Å²) in [5, 5.41) is 0. The van der Waals surface area contributed by atoms with Gasteiger partial charge in [0.25, 0.3) is 0 Å². The van der Waals surface area contributed by atoms with Crippen molar-refractivity contribution in [1.82, 2.24) is 10.4 Å². The Balaban J connectivity index is 2.24. The van der Waals surface area contributed by atoms with Crippen LogP contribution in [0.25, 0.3) is 0 Å². The predicted molar refractivity (Wildman–Crippen MR) is 62.1 cm³/mol. The van der Waals surface area contributed by atoms with E-state index in [1.807, 2.05) is 13.8 Å². The van der Waals surface area contributed by atoms with Crippen molar-refractivity contribution in [3.63, 3.8) is 0 Å². The lowest BCUT2D eigenvalue weighted by molar-refractivity contribution is 0.508. The summed E-state index contributed by atoms with van der Waals surface area (Å²) in [4.78, 5) is 8.80. The Kier molecular flexibility index (Phi) is 3.24. The number of hydrazine groups is 1. The average Bonchev–Trinajstić information content (AvgIpc) is 2.85. The topological polar surface area (TPSA) is 76.4 Å². The molecule has 1 heterocycles. The normalized spacial score (nSPS) is 18.1. The number of hydrogen-bond donors (Lipinski definition) is 2. The summed E-state index contributed by atoms with van der Waals surface area (Å²) in [6, 6.07) is 0.371. The lowest BCUT2D eigenvalue weighted by atomic mass is 10.2. The van der Waals surface area contributed by atoms with Crippen LogP contribution in [0.4, 0.5) is 0 Å². The second-order valence-corrected chi connectivity index (χ2v) is 4.21. The molecule has 0 amide bonds. The number of hydrogen-bond acceptors (Lipinski definition) is 4. The maximum atomic E-state index is 5.49. The molecule has 3 N–H and O–H groups in total. The highest BCUT2D eigenvalue weighted by atomic mass is 16.4. The van der Waals surface area contributed by atoms with Gasteiger partial charge in [-0.05, 0) is 19.8 Å². The van der Waals surface area contributed by atoms with E-state index in [0.29, 0.717) is 23.5 Å². The summed E-state index contributed by atoms with van der Waals surface area (Å²) in [7, 11) is 0. The van der Waals surface area contributed by atoms with E-state index in [0.717, 1.165) is 18.5 Å². The van der Waals surface area contributed by atoms with Crippen LogP contribution in [-0.2, 0) is 0 Å². The van der Waals surface area contributed by atoms with Gasteiger partial charge in [0.15, 0.2) is 17.5 Å². The summed E-state index contributed by atoms with van der Waals surface area (Å²) in [5.74, 6) is 7.41. The Morgan fingerprint density at radius 3 is 2.62 bits per heavy atom. The molecule has 1 aromatic rings. The molecule has 5 nitrogen and oxygen atoms in total. The third-order valence-corrected chi connectivity index (χ3v) is 2.89. The molecule has 2 rings (SSSR count). The predicted octanol–water partition coefficient (Wildman–Crippen LogP) is 1.44. The van der Waals surface area contributed by atoms with Crippen LogP contribution in [-0.4, -0.2) is 16.9 Å². The maximum Gasteiger partial charge on any atom is 0.193 e. The summed E-state index contributed by atoms with van der Waals surface area (Å²) < 4.78 is 5.49. The van der Waals surface area contributed by atoms with Crippen molar-refractivity contribution in [2.24, 2.45) is 10.8 Å². The summed E-state index contributed by atoms with van der Waals surface area (Å²) in [5.41, 5.74) is 3.44. The van der Waals surface area contributed by atoms with Gasteiger partial charge in [0, 0.05) is 6.92 Å². The van der Waals surface area contributed by atoms with E-state index in [-0.39, 0.29) is 0 Å². The van der Waals surface area contributed by atoms with E-state index >= 15 is 0 Å². The van der Waals surface area contributed by atoms with Crippen molar-refractivity contribution in [2.75, 3.05) is 0 Å². The van der Waals surface area contributed by atoms with E-state index in [1.165, 1.54) is 12.8 Å². The van der Waals surface area contributed by atoms with Crippen molar-refractivity contribution in [3.05, 3.63) is 17.3 Å². The maximum absolute atomic E-state index is 5.49. The molecule has 1 fully saturated rings. The molecule has 1 aliphatic rings. The highest BCUT2D eigenvalue weighted by molar-refractivity contribution is 5.96. The van der Waals surface area contributed by atoms with E-state index in [1.54, 1.807) is 0 Å². The van der Waals surface area contributed by atoms with E-state index in [4.69, 9.17) is 10.3 Å². The fourth-order valence-electron chi connectivity index (χ4n) is 2.13. The monoisotopic (exact) mass is 222 g/mol. The number of aliphatic imine (C=N–C) groups is 1. The molecule has 16 heavy (non-hydrogen) atoms. The third kappa shape index (κ3) is 2.24. The third-order valence-electron chi connectivity index (χ3n) is 2.89. The molecule has 1 aliphatic carbocycles. The Hall–Kier alpha value is -1.36. The number of oxazole rings is 1. The molecule has 88 valence electrons. The fraction of sp³-hybridized carbons (Fsp3) is 0.636. The molecule has 0 saturated heterocycles. The lowest BCUT2D eigenvalue weighted by Gasteiger charge is -2.07. The highest BCUT2D eigenvalue weighted by Crippen LogP contribution is 2.22. The zero-order valence-electron chi connectivity index (χ0n) is 9.79. The van der Waals surface area contributed by atoms with Crippen LogP contribution >= 0.6 is 0 Å². The summed E-state index contributed by atoms with van der Waals surface area (Å²) in [6.45, 7) is 3.72. The van der Waals surface area contributed by atoms with Crippen LogP contribution in [0, 0.1) is 13.8 Å². The largest absolute Gasteiger partial charge is 0.437 e. The highest BCUT2D eigenvalue weighted by Gasteiger charge is 2.18. The zero-order chi connectivity index (χ0) is 11.5. The van der Waals surface area contributed by atoms with Crippen LogP contribution in [0.3, 0.4) is 0 Å². The van der Waals surface area contributed by atoms with Crippen LogP contribution in [0.2, 0.25) is 0 Å². The number of rotatable bonds is 2. The number of nitrogens with two attached hydrogens (primary N) is 1. The summed E-state index contributed by atoms with van der Waals surface area (Å²) >= 11 is 0. The van der Waals surface area contributed by atoms with Crippen molar-refractivity contribution >= 4 is 5.84 Å². The number of nitrogens with one attached hydrogen (secondary N) is 1. The molecular formula is C11H18N4O. The molecule has 0 radical (unpaired) electrons. The first-order valence-corrected chi connectivity index (χ1v) is 5.69. The molecule has 0 unspecified atom stereocenters. The van der Waals surface area contributed by atoms with Gasteiger partial charge in [0.1, 0.15) is 0 Å². The SMILES string of the molecule is Cc1nc(C)c(C(=NC2CCCC2)NN)o1. The van der Waals surface area contributed by atoms with Gasteiger partial charge in [-0.2, -0.15) is 0 Å². The van der Waals surface area contributed by atoms with E-state index < -0.39 is 0 Å². The van der Waals surface area contributed by atoms with Gasteiger partial charge in [0.2, 0.25) is 0 Å². The van der Waals surface area contributed by atoms with Gasteiger partial charge in [-0.3, -0.25) is 4.99 Å². The molecule has 5 heteroatoms. The van der Waals surface area contributed by atoms with Gasteiger partial charge >= 0.3 is 0 Å². The second-order valence-electron chi connectivity index (χ2n) is 4.21. The van der Waals surface area contributed by atoms with Gasteiger partial charge in [0.05, 0.1) is 11.7 Å². The Morgan fingerprint density at radius 1 is 1.44 bits per heavy atom. The minimum atomic E-state index is 0.371. The van der Waals surface area contributed by atoms with Crippen LogP contribution < -0.4 is 11.3 Å². The molecule has 0 spiro atoms. The number of aryl methyl sites for hydroxylation is 2. The minimum absolute atomic E-state index is 0.371. The van der Waals surface area contributed by atoms with Gasteiger partial charge in [-0.15, -0.1) is 0 Å². The van der Waals surface area contributed by atoms with Crippen molar-refractivity contribution in [3.8, 4) is 0 Å². The Morgan fingerprint density at radius 2 is 2.12 bits per heavy atom. The van der Waals surface area contributed by atoms with E-state index in [2.05, 4.69) is 15.4 Å². The Labute approximate surface area is 95.1 Å². The molecule has 0 bridgehead atoms. The van der Waals surface area contributed by atoms with Crippen molar-refractivity contribution in [1.29, 1.82) is 0 Å². The molecule has 0 aromatic carbocycles. The van der Waals surface area contributed by atoms with Gasteiger partial charge in [-0.25, -0.2) is 10.8 Å². The van der Waals surface area contributed by atoms with Crippen molar-refractivity contribution < 1.29 is 4.42 Å². The molecular weight excluding hydrogens is 204 g/mol.